The van der Waals surface area contributed by atoms with Crippen molar-refractivity contribution in [2.75, 3.05) is 7.11 Å². The summed E-state index contributed by atoms with van der Waals surface area (Å²) < 4.78 is 10.4. The van der Waals surface area contributed by atoms with Crippen molar-refractivity contribution in [3.05, 3.63) is 102 Å². The zero-order valence-electron chi connectivity index (χ0n) is 20.3. The Kier molecular flexibility index (Phi) is 8.51. The van der Waals surface area contributed by atoms with Gasteiger partial charge in [0, 0.05) is 23.5 Å². The van der Waals surface area contributed by atoms with Gasteiger partial charge in [0.2, 0.25) is 5.91 Å². The molecular formula is C28H28N4O5. The molecule has 0 fully saturated rings. The molecule has 1 atom stereocenters. The minimum Gasteiger partial charge on any atom is -0.497 e. The normalized spacial score (nSPS) is 11.5. The lowest BCUT2D eigenvalue weighted by Gasteiger charge is -2.20. The van der Waals surface area contributed by atoms with Gasteiger partial charge < -0.3 is 14.5 Å². The lowest BCUT2D eigenvalue weighted by Crippen LogP contribution is -2.57. The predicted octanol–water partition coefficient (Wildman–Crippen LogP) is 3.40. The number of nitrogens with one attached hydrogen (secondary N) is 4. The lowest BCUT2D eigenvalue weighted by molar-refractivity contribution is -0.124. The zero-order valence-corrected chi connectivity index (χ0v) is 20.3. The second-order valence-corrected chi connectivity index (χ2v) is 8.36. The van der Waals surface area contributed by atoms with E-state index in [1.807, 2.05) is 54.6 Å². The topological polar surface area (TPSA) is 122 Å². The van der Waals surface area contributed by atoms with E-state index in [0.29, 0.717) is 5.75 Å². The van der Waals surface area contributed by atoms with Gasteiger partial charge in [-0.15, -0.1) is 0 Å². The molecule has 0 aliphatic heterocycles. The Balaban J connectivity index is 1.38. The summed E-state index contributed by atoms with van der Waals surface area (Å²) in [7, 11) is 1.56. The molecule has 1 aromatic heterocycles. The average Bonchev–Trinajstić information content (AvgIpc) is 3.33. The third-order valence-corrected chi connectivity index (χ3v) is 5.72. The minimum atomic E-state index is -1.21. The molecular weight excluding hydrogens is 472 g/mol. The van der Waals surface area contributed by atoms with E-state index in [1.165, 1.54) is 0 Å². The molecule has 0 bridgehead atoms. The number of aromatic nitrogens is 1. The molecule has 4 N–H and O–H groups in total. The van der Waals surface area contributed by atoms with Crippen LogP contribution in [0, 0.1) is 0 Å². The summed E-state index contributed by atoms with van der Waals surface area (Å²) in [5, 5.41) is 3.44. The summed E-state index contributed by atoms with van der Waals surface area (Å²) in [6.07, 6.45) is -0.142. The third kappa shape index (κ3) is 7.18. The van der Waals surface area contributed by atoms with Gasteiger partial charge in [0.25, 0.3) is 0 Å². The molecule has 2 amide bonds. The number of rotatable bonds is 11. The minimum absolute atomic E-state index is 0.0128. The van der Waals surface area contributed by atoms with E-state index in [4.69, 9.17) is 9.47 Å². The number of hydrazine groups is 1. The number of alkyl carbamates (subject to hydrolysis) is 1. The van der Waals surface area contributed by atoms with E-state index in [-0.39, 0.29) is 31.1 Å². The SMILES string of the molecule is COc1ccc(CC(=O)C(NNC(=O)Cc2c[nH]c3ccccc23)NC(=O)OCc2ccccc2)cc1. The predicted molar refractivity (Wildman–Crippen MR) is 139 cm³/mol. The van der Waals surface area contributed by atoms with Crippen LogP contribution >= 0.6 is 0 Å². The molecule has 0 spiro atoms. The second kappa shape index (κ2) is 12.4. The van der Waals surface area contributed by atoms with E-state index in [2.05, 4.69) is 21.2 Å². The van der Waals surface area contributed by atoms with Crippen LogP contribution in [-0.4, -0.2) is 36.0 Å². The van der Waals surface area contributed by atoms with Gasteiger partial charge >= 0.3 is 6.09 Å². The number of amides is 2. The van der Waals surface area contributed by atoms with Gasteiger partial charge in [0.15, 0.2) is 11.9 Å². The number of carbonyl (C=O) groups excluding carboxylic acids is 3. The summed E-state index contributed by atoms with van der Waals surface area (Å²) in [4.78, 5) is 41.3. The first-order chi connectivity index (χ1) is 18.0. The van der Waals surface area contributed by atoms with Crippen LogP contribution in [-0.2, 0) is 33.8 Å². The van der Waals surface area contributed by atoms with Crippen LogP contribution in [0.3, 0.4) is 0 Å². The molecule has 190 valence electrons. The number of benzene rings is 3. The summed E-state index contributed by atoms with van der Waals surface area (Å²) in [5.74, 6) is -0.0706. The third-order valence-electron chi connectivity index (χ3n) is 5.72. The highest BCUT2D eigenvalue weighted by Crippen LogP contribution is 2.18. The number of methoxy groups -OCH3 is 1. The van der Waals surface area contributed by atoms with Crippen molar-refractivity contribution >= 4 is 28.7 Å². The average molecular weight is 501 g/mol. The first-order valence-corrected chi connectivity index (χ1v) is 11.7. The Morgan fingerprint density at radius 3 is 2.35 bits per heavy atom. The van der Waals surface area contributed by atoms with Crippen LogP contribution in [0.5, 0.6) is 5.75 Å². The number of ether oxygens (including phenoxy) is 2. The fraction of sp³-hybridized carbons (Fsp3) is 0.179. The number of hydrogen-bond donors (Lipinski definition) is 4. The van der Waals surface area contributed by atoms with Gasteiger partial charge in [-0.3, -0.25) is 20.3 Å². The van der Waals surface area contributed by atoms with Crippen molar-refractivity contribution < 1.29 is 23.9 Å². The van der Waals surface area contributed by atoms with E-state index in [0.717, 1.165) is 27.6 Å². The number of aromatic amines is 1. The van der Waals surface area contributed by atoms with Crippen LogP contribution in [0.25, 0.3) is 10.9 Å². The molecule has 1 unspecified atom stereocenters. The monoisotopic (exact) mass is 500 g/mol. The maximum absolute atomic E-state index is 13.1. The largest absolute Gasteiger partial charge is 0.497 e. The molecule has 0 radical (unpaired) electrons. The number of para-hydroxylation sites is 1. The molecule has 0 aliphatic carbocycles. The van der Waals surface area contributed by atoms with Gasteiger partial charge in [0.1, 0.15) is 12.4 Å². The first kappa shape index (κ1) is 25.5. The zero-order chi connectivity index (χ0) is 26.0. The highest BCUT2D eigenvalue weighted by Gasteiger charge is 2.22. The van der Waals surface area contributed by atoms with Gasteiger partial charge in [-0.25, -0.2) is 10.2 Å². The lowest BCUT2D eigenvalue weighted by atomic mass is 10.1. The van der Waals surface area contributed by atoms with Crippen LogP contribution in [0.1, 0.15) is 16.7 Å². The van der Waals surface area contributed by atoms with Crippen LogP contribution in [0.4, 0.5) is 4.79 Å². The fourth-order valence-electron chi connectivity index (χ4n) is 3.77. The van der Waals surface area contributed by atoms with Crippen molar-refractivity contribution in [3.8, 4) is 5.75 Å². The fourth-order valence-corrected chi connectivity index (χ4v) is 3.77. The highest BCUT2D eigenvalue weighted by molar-refractivity contribution is 5.90. The number of carbonyl (C=O) groups is 3. The number of fused-ring (bicyclic) bond motifs is 1. The van der Waals surface area contributed by atoms with Crippen molar-refractivity contribution in [3.63, 3.8) is 0 Å². The second-order valence-electron chi connectivity index (χ2n) is 8.36. The van der Waals surface area contributed by atoms with Gasteiger partial charge in [-0.05, 0) is 34.9 Å². The summed E-state index contributed by atoms with van der Waals surface area (Å²) >= 11 is 0. The summed E-state index contributed by atoms with van der Waals surface area (Å²) in [6, 6.07) is 23.8. The Morgan fingerprint density at radius 2 is 1.59 bits per heavy atom. The van der Waals surface area contributed by atoms with Crippen molar-refractivity contribution in [1.82, 2.24) is 21.2 Å². The van der Waals surface area contributed by atoms with Gasteiger partial charge in [0.05, 0.1) is 13.5 Å². The summed E-state index contributed by atoms with van der Waals surface area (Å²) in [5.41, 5.74) is 8.46. The molecule has 0 aliphatic rings. The Labute approximate surface area is 214 Å². The van der Waals surface area contributed by atoms with E-state index in [9.17, 15) is 14.4 Å². The van der Waals surface area contributed by atoms with E-state index in [1.54, 1.807) is 37.6 Å². The quantitative estimate of drug-likeness (QED) is 0.185. The Morgan fingerprint density at radius 1 is 0.865 bits per heavy atom. The maximum Gasteiger partial charge on any atom is 0.409 e. The molecule has 0 saturated carbocycles. The molecule has 9 heteroatoms. The van der Waals surface area contributed by atoms with Crippen LogP contribution < -0.4 is 20.9 Å². The highest BCUT2D eigenvalue weighted by atomic mass is 16.5. The number of ketones is 1. The summed E-state index contributed by atoms with van der Waals surface area (Å²) in [6.45, 7) is 0.0407. The van der Waals surface area contributed by atoms with Crippen molar-refractivity contribution in [1.29, 1.82) is 0 Å². The molecule has 9 nitrogen and oxygen atoms in total. The van der Waals surface area contributed by atoms with Crippen LogP contribution in [0.2, 0.25) is 0 Å². The van der Waals surface area contributed by atoms with Crippen LogP contribution in [0.15, 0.2) is 85.1 Å². The smallest absolute Gasteiger partial charge is 0.409 e. The van der Waals surface area contributed by atoms with Gasteiger partial charge in [-0.1, -0.05) is 60.7 Å². The molecule has 3 aromatic carbocycles. The Bertz CT molecular complexity index is 1350. The molecule has 4 rings (SSSR count). The van der Waals surface area contributed by atoms with Crippen molar-refractivity contribution in [2.24, 2.45) is 0 Å². The number of hydrogen-bond acceptors (Lipinski definition) is 6. The molecule has 37 heavy (non-hydrogen) atoms. The maximum atomic E-state index is 13.1. The Hall–Kier alpha value is -4.63. The standard InChI is InChI=1S/C28H28N4O5/c1-36-22-13-11-19(12-14-22)15-25(33)27(30-28(35)37-18-20-7-3-2-4-8-20)32-31-26(34)16-21-17-29-24-10-6-5-9-23(21)24/h2-14,17,27,29,32H,15-16,18H2,1H3,(H,30,35)(H,31,34). The first-order valence-electron chi connectivity index (χ1n) is 11.7. The van der Waals surface area contributed by atoms with Crippen molar-refractivity contribution in [2.45, 2.75) is 25.6 Å². The number of H-pyrrole nitrogens is 1. The van der Waals surface area contributed by atoms with E-state index >= 15 is 0 Å². The number of Topliss-reactive ketones (excluding diaryl/α,β-unsaturated/α-hetero) is 1. The van der Waals surface area contributed by atoms with E-state index < -0.39 is 12.3 Å². The molecule has 1 heterocycles. The van der Waals surface area contributed by atoms with Gasteiger partial charge in [-0.2, -0.15) is 0 Å². The molecule has 4 aromatic rings. The molecule has 0 saturated heterocycles.